The summed E-state index contributed by atoms with van der Waals surface area (Å²) >= 11 is 7.25. The van der Waals surface area contributed by atoms with E-state index < -0.39 is 5.97 Å². The molecular formula is C9H6BrNO2S. The molecule has 0 aliphatic rings. The number of nitrogens with zero attached hydrogens (tertiary/aromatic N) is 1. The van der Waals surface area contributed by atoms with E-state index in [4.69, 9.17) is 10.4 Å². The van der Waals surface area contributed by atoms with Crippen molar-refractivity contribution in [3.8, 4) is 6.07 Å². The molecule has 0 aromatic heterocycles. The molecule has 0 heterocycles. The zero-order chi connectivity index (χ0) is 10.7. The predicted octanol–water partition coefficient (Wildman–Crippen LogP) is 2.44. The van der Waals surface area contributed by atoms with Gasteiger partial charge >= 0.3 is 5.97 Å². The van der Waals surface area contributed by atoms with E-state index in [1.165, 1.54) is 6.07 Å². The van der Waals surface area contributed by atoms with Gasteiger partial charge in [-0.2, -0.15) is 5.26 Å². The number of thiol groups is 1. The highest BCUT2D eigenvalue weighted by molar-refractivity contribution is 9.08. The monoisotopic (exact) mass is 271 g/mol. The summed E-state index contributed by atoms with van der Waals surface area (Å²) in [6.45, 7) is 0. The Labute approximate surface area is 94.9 Å². The highest BCUT2D eigenvalue weighted by atomic mass is 79.9. The lowest BCUT2D eigenvalue weighted by atomic mass is 10.0. The smallest absolute Gasteiger partial charge is 0.337 e. The number of carboxylic acid groups (broad SMARTS) is 1. The molecule has 72 valence electrons. The summed E-state index contributed by atoms with van der Waals surface area (Å²) in [5.41, 5.74) is 0.739. The van der Waals surface area contributed by atoms with Crippen LogP contribution in [0.15, 0.2) is 17.0 Å². The van der Waals surface area contributed by atoms with Crippen molar-refractivity contribution < 1.29 is 9.90 Å². The Morgan fingerprint density at radius 1 is 1.64 bits per heavy atom. The number of carbonyl (C=O) groups is 1. The van der Waals surface area contributed by atoms with Crippen LogP contribution in [0.3, 0.4) is 0 Å². The second-order valence-electron chi connectivity index (χ2n) is 2.58. The molecule has 0 saturated heterocycles. The zero-order valence-electron chi connectivity index (χ0n) is 6.99. The molecule has 1 aromatic carbocycles. The summed E-state index contributed by atoms with van der Waals surface area (Å²) in [6.07, 6.45) is 0. The fourth-order valence-electron chi connectivity index (χ4n) is 1.13. The van der Waals surface area contributed by atoms with Gasteiger partial charge in [-0.3, -0.25) is 0 Å². The van der Waals surface area contributed by atoms with Gasteiger partial charge in [0.15, 0.2) is 0 Å². The summed E-state index contributed by atoms with van der Waals surface area (Å²) < 4.78 is 0. The van der Waals surface area contributed by atoms with E-state index in [-0.39, 0.29) is 11.1 Å². The topological polar surface area (TPSA) is 61.1 Å². The van der Waals surface area contributed by atoms with Crippen LogP contribution in [-0.2, 0) is 5.33 Å². The first-order valence-electron chi connectivity index (χ1n) is 3.65. The third kappa shape index (κ3) is 2.08. The summed E-state index contributed by atoms with van der Waals surface area (Å²) in [5.74, 6) is -1.09. The van der Waals surface area contributed by atoms with Gasteiger partial charge in [-0.05, 0) is 17.7 Å². The van der Waals surface area contributed by atoms with Gasteiger partial charge in [0.1, 0.15) is 6.07 Å². The molecule has 3 nitrogen and oxygen atoms in total. The minimum absolute atomic E-state index is 0.0437. The average Bonchev–Trinajstić information content (AvgIpc) is 2.15. The molecule has 0 aliphatic heterocycles. The fraction of sp³-hybridized carbons (Fsp3) is 0.111. The average molecular weight is 272 g/mol. The Balaban J connectivity index is 3.50. The number of nitriles is 1. The van der Waals surface area contributed by atoms with Crippen molar-refractivity contribution in [2.45, 2.75) is 10.2 Å². The maximum Gasteiger partial charge on any atom is 0.337 e. The van der Waals surface area contributed by atoms with Gasteiger partial charge in [0.2, 0.25) is 0 Å². The molecule has 0 saturated carbocycles. The van der Waals surface area contributed by atoms with E-state index in [1.54, 1.807) is 6.07 Å². The van der Waals surface area contributed by atoms with Crippen molar-refractivity contribution in [1.29, 1.82) is 5.26 Å². The highest BCUT2D eigenvalue weighted by Crippen LogP contribution is 2.21. The van der Waals surface area contributed by atoms with Crippen LogP contribution >= 0.6 is 28.6 Å². The first kappa shape index (κ1) is 11.1. The third-order valence-electron chi connectivity index (χ3n) is 1.68. The van der Waals surface area contributed by atoms with E-state index in [0.29, 0.717) is 15.8 Å². The zero-order valence-corrected chi connectivity index (χ0v) is 9.47. The van der Waals surface area contributed by atoms with Crippen LogP contribution < -0.4 is 0 Å². The highest BCUT2D eigenvalue weighted by Gasteiger charge is 2.15. The lowest BCUT2D eigenvalue weighted by Gasteiger charge is -2.05. The number of hydrogen-bond donors (Lipinski definition) is 2. The Bertz CT molecular complexity index is 426. The Kier molecular flexibility index (Phi) is 3.55. The lowest BCUT2D eigenvalue weighted by molar-refractivity contribution is 0.0695. The number of hydrogen-bond acceptors (Lipinski definition) is 3. The Hall–Kier alpha value is -0.990. The molecule has 0 atom stereocenters. The van der Waals surface area contributed by atoms with Gasteiger partial charge in [0.25, 0.3) is 0 Å². The summed E-state index contributed by atoms with van der Waals surface area (Å²) in [7, 11) is 0. The number of benzene rings is 1. The number of rotatable bonds is 2. The van der Waals surface area contributed by atoms with Crippen LogP contribution in [0.1, 0.15) is 21.5 Å². The second-order valence-corrected chi connectivity index (χ2v) is 3.66. The van der Waals surface area contributed by atoms with E-state index in [1.807, 2.05) is 6.07 Å². The number of halogens is 1. The quantitative estimate of drug-likeness (QED) is 0.642. The van der Waals surface area contributed by atoms with Crippen molar-refractivity contribution in [1.82, 2.24) is 0 Å². The van der Waals surface area contributed by atoms with E-state index in [2.05, 4.69) is 28.6 Å². The Morgan fingerprint density at radius 3 is 2.71 bits per heavy atom. The minimum atomic E-state index is -1.09. The molecule has 0 fully saturated rings. The standard InChI is InChI=1S/C9H6BrNO2S/c10-3-5-1-7(14)2-6(4-11)8(5)9(12)13/h1-2,14H,3H2,(H,12,13). The normalized spacial score (nSPS) is 9.50. The van der Waals surface area contributed by atoms with Crippen molar-refractivity contribution >= 4 is 34.5 Å². The van der Waals surface area contributed by atoms with Gasteiger partial charge in [0.05, 0.1) is 11.1 Å². The SMILES string of the molecule is N#Cc1cc(S)cc(CBr)c1C(=O)O. The van der Waals surface area contributed by atoms with Crippen LogP contribution in [0.25, 0.3) is 0 Å². The minimum Gasteiger partial charge on any atom is -0.478 e. The molecule has 0 aliphatic carbocycles. The summed E-state index contributed by atoms with van der Waals surface area (Å²) in [5, 5.41) is 18.0. The van der Waals surface area contributed by atoms with Crippen molar-refractivity contribution in [2.24, 2.45) is 0 Å². The molecule has 1 aromatic rings. The third-order valence-corrected chi connectivity index (χ3v) is 2.55. The molecule has 0 bridgehead atoms. The van der Waals surface area contributed by atoms with Crippen LogP contribution in [0.2, 0.25) is 0 Å². The molecule has 0 unspecified atom stereocenters. The van der Waals surface area contributed by atoms with Crippen molar-refractivity contribution in [3.05, 3.63) is 28.8 Å². The van der Waals surface area contributed by atoms with Gasteiger partial charge in [-0.25, -0.2) is 4.79 Å². The van der Waals surface area contributed by atoms with Crippen LogP contribution in [0, 0.1) is 11.3 Å². The molecule has 1 rings (SSSR count). The van der Waals surface area contributed by atoms with Crippen LogP contribution in [-0.4, -0.2) is 11.1 Å². The van der Waals surface area contributed by atoms with E-state index in [0.717, 1.165) is 0 Å². The van der Waals surface area contributed by atoms with Crippen molar-refractivity contribution in [3.63, 3.8) is 0 Å². The lowest BCUT2D eigenvalue weighted by Crippen LogP contribution is -2.04. The first-order chi connectivity index (χ1) is 6.60. The van der Waals surface area contributed by atoms with Crippen molar-refractivity contribution in [2.75, 3.05) is 0 Å². The molecule has 0 amide bonds. The number of carboxylic acids is 1. The molecular weight excluding hydrogens is 266 g/mol. The van der Waals surface area contributed by atoms with Gasteiger partial charge < -0.3 is 5.11 Å². The number of alkyl halides is 1. The molecule has 0 spiro atoms. The van der Waals surface area contributed by atoms with E-state index >= 15 is 0 Å². The molecule has 1 N–H and O–H groups in total. The predicted molar refractivity (Wildman–Crippen MR) is 58.0 cm³/mol. The summed E-state index contributed by atoms with van der Waals surface area (Å²) in [4.78, 5) is 11.5. The van der Waals surface area contributed by atoms with Gasteiger partial charge in [-0.15, -0.1) is 12.6 Å². The number of aromatic carboxylic acids is 1. The second kappa shape index (κ2) is 4.49. The first-order valence-corrected chi connectivity index (χ1v) is 5.22. The molecule has 14 heavy (non-hydrogen) atoms. The largest absolute Gasteiger partial charge is 0.478 e. The van der Waals surface area contributed by atoms with E-state index in [9.17, 15) is 4.79 Å². The molecule has 5 heteroatoms. The van der Waals surface area contributed by atoms with Gasteiger partial charge in [-0.1, -0.05) is 15.9 Å². The molecule has 0 radical (unpaired) electrons. The van der Waals surface area contributed by atoms with Gasteiger partial charge in [0, 0.05) is 10.2 Å². The Morgan fingerprint density at radius 2 is 2.29 bits per heavy atom. The van der Waals surface area contributed by atoms with Crippen LogP contribution in [0.5, 0.6) is 0 Å². The summed E-state index contributed by atoms with van der Waals surface area (Å²) in [6, 6.07) is 4.91. The van der Waals surface area contributed by atoms with Crippen LogP contribution in [0.4, 0.5) is 0 Å². The maximum atomic E-state index is 10.9. The maximum absolute atomic E-state index is 10.9. The fourth-order valence-corrected chi connectivity index (χ4v) is 1.86.